The van der Waals surface area contributed by atoms with E-state index in [2.05, 4.69) is 31.2 Å². The lowest BCUT2D eigenvalue weighted by molar-refractivity contribution is 0.0690. The number of hydrogen-bond acceptors (Lipinski definition) is 4. The maximum absolute atomic E-state index is 10.7. The molecule has 3 rings (SSSR count). The summed E-state index contributed by atoms with van der Waals surface area (Å²) >= 11 is 3.44. The molecule has 0 unspecified atom stereocenters. The van der Waals surface area contributed by atoms with Gasteiger partial charge in [0.1, 0.15) is 5.82 Å². The van der Waals surface area contributed by atoms with E-state index in [1.165, 1.54) is 12.4 Å². The molecule has 0 aliphatic carbocycles. The van der Waals surface area contributed by atoms with E-state index in [0.717, 1.165) is 20.9 Å². The molecule has 0 atom stereocenters. The summed E-state index contributed by atoms with van der Waals surface area (Å²) < 4.78 is 1.03. The Morgan fingerprint density at radius 1 is 1.05 bits per heavy atom. The summed E-state index contributed by atoms with van der Waals surface area (Å²) in [6.07, 6.45) is 2.62. The number of halogens is 1. The van der Waals surface area contributed by atoms with Crippen LogP contribution >= 0.6 is 15.9 Å². The third-order valence-corrected chi connectivity index (χ3v) is 3.44. The Labute approximate surface area is 128 Å². The highest BCUT2D eigenvalue weighted by molar-refractivity contribution is 9.10. The summed E-state index contributed by atoms with van der Waals surface area (Å²) in [5.41, 5.74) is 0.783. The zero-order valence-corrected chi connectivity index (χ0v) is 12.3. The fraction of sp³-hybridized carbons (Fsp3) is 0. The van der Waals surface area contributed by atoms with Crippen LogP contribution in [0.25, 0.3) is 10.8 Å². The number of fused-ring (bicyclic) bond motifs is 1. The normalized spacial score (nSPS) is 10.5. The molecule has 0 amide bonds. The van der Waals surface area contributed by atoms with Crippen molar-refractivity contribution >= 4 is 44.2 Å². The van der Waals surface area contributed by atoms with Gasteiger partial charge in [0.25, 0.3) is 0 Å². The smallest absolute Gasteiger partial charge is 0.356 e. The van der Waals surface area contributed by atoms with Crippen molar-refractivity contribution in [1.82, 2.24) is 9.97 Å². The average Bonchev–Trinajstić information content (AvgIpc) is 2.48. The zero-order valence-electron chi connectivity index (χ0n) is 10.7. The first-order chi connectivity index (χ1) is 10.1. The maximum atomic E-state index is 10.7. The van der Waals surface area contributed by atoms with E-state index < -0.39 is 5.97 Å². The van der Waals surface area contributed by atoms with Crippen LogP contribution in [0.1, 0.15) is 10.5 Å². The number of carbonyl (C=O) groups is 1. The van der Waals surface area contributed by atoms with Crippen LogP contribution in [0.5, 0.6) is 0 Å². The summed E-state index contributed by atoms with van der Waals surface area (Å²) in [5, 5.41) is 14.1. The van der Waals surface area contributed by atoms with Crippen LogP contribution in [-0.4, -0.2) is 21.0 Å². The van der Waals surface area contributed by atoms with Gasteiger partial charge in [-0.25, -0.2) is 14.8 Å². The Morgan fingerprint density at radius 2 is 1.81 bits per heavy atom. The highest BCUT2D eigenvalue weighted by atomic mass is 79.9. The third-order valence-electron chi connectivity index (χ3n) is 2.95. The third kappa shape index (κ3) is 3.00. The molecule has 0 aliphatic heterocycles. The second kappa shape index (κ2) is 5.49. The summed E-state index contributed by atoms with van der Waals surface area (Å²) in [6, 6.07) is 12.0. The number of aromatic carboxylic acids is 1. The molecule has 104 valence electrons. The zero-order chi connectivity index (χ0) is 14.8. The lowest BCUT2D eigenvalue weighted by atomic mass is 10.1. The molecule has 0 saturated carbocycles. The standard InChI is InChI=1S/C15H10BrN3O2/c16-11-3-1-10-6-12(4-2-9(10)5-11)19-14-8-17-13(7-18-14)15(20)21/h1-8H,(H,18,19)(H,20,21). The molecule has 5 nitrogen and oxygen atoms in total. The van der Waals surface area contributed by atoms with Gasteiger partial charge in [-0.2, -0.15) is 0 Å². The van der Waals surface area contributed by atoms with Gasteiger partial charge >= 0.3 is 5.97 Å². The highest BCUT2D eigenvalue weighted by Crippen LogP contribution is 2.24. The lowest BCUT2D eigenvalue weighted by Crippen LogP contribution is -2.02. The van der Waals surface area contributed by atoms with Crippen molar-refractivity contribution in [3.63, 3.8) is 0 Å². The van der Waals surface area contributed by atoms with E-state index in [-0.39, 0.29) is 5.69 Å². The van der Waals surface area contributed by atoms with Crippen LogP contribution in [-0.2, 0) is 0 Å². The number of nitrogens with one attached hydrogen (secondary N) is 1. The van der Waals surface area contributed by atoms with Crippen LogP contribution in [0.15, 0.2) is 53.3 Å². The number of anilines is 2. The number of hydrogen-bond donors (Lipinski definition) is 2. The molecular formula is C15H10BrN3O2. The van der Waals surface area contributed by atoms with E-state index >= 15 is 0 Å². The Kier molecular flexibility index (Phi) is 3.53. The molecule has 2 N–H and O–H groups in total. The van der Waals surface area contributed by atoms with Crippen LogP contribution in [0.2, 0.25) is 0 Å². The van der Waals surface area contributed by atoms with Gasteiger partial charge in [0.2, 0.25) is 0 Å². The number of nitrogens with zero attached hydrogens (tertiary/aromatic N) is 2. The van der Waals surface area contributed by atoms with E-state index in [9.17, 15) is 4.79 Å². The van der Waals surface area contributed by atoms with Crippen molar-refractivity contribution < 1.29 is 9.90 Å². The number of benzene rings is 2. The van der Waals surface area contributed by atoms with E-state index in [0.29, 0.717) is 5.82 Å². The summed E-state index contributed by atoms with van der Waals surface area (Å²) in [7, 11) is 0. The Bertz CT molecular complexity index is 819. The molecule has 0 radical (unpaired) electrons. The van der Waals surface area contributed by atoms with Crippen LogP contribution in [0.4, 0.5) is 11.5 Å². The SMILES string of the molecule is O=C(O)c1cnc(Nc2ccc3cc(Br)ccc3c2)cn1. The molecule has 0 saturated heterocycles. The molecule has 0 aliphatic rings. The number of carboxylic acids is 1. The Hall–Kier alpha value is -2.47. The fourth-order valence-corrected chi connectivity index (χ4v) is 2.32. The molecule has 0 bridgehead atoms. The largest absolute Gasteiger partial charge is 0.476 e. The van der Waals surface area contributed by atoms with Crippen LogP contribution in [0.3, 0.4) is 0 Å². The van der Waals surface area contributed by atoms with Gasteiger partial charge in [0, 0.05) is 10.2 Å². The molecule has 2 aromatic carbocycles. The molecule has 6 heteroatoms. The molecule has 21 heavy (non-hydrogen) atoms. The van der Waals surface area contributed by atoms with Crippen molar-refractivity contribution in [2.24, 2.45) is 0 Å². The van der Waals surface area contributed by atoms with Crippen molar-refractivity contribution in [1.29, 1.82) is 0 Å². The topological polar surface area (TPSA) is 75.1 Å². The Balaban J connectivity index is 1.87. The predicted octanol–water partition coefficient (Wildman–Crippen LogP) is 3.83. The van der Waals surface area contributed by atoms with Gasteiger partial charge in [-0.05, 0) is 35.0 Å². The lowest BCUT2D eigenvalue weighted by Gasteiger charge is -2.07. The van der Waals surface area contributed by atoms with Gasteiger partial charge in [-0.1, -0.05) is 28.1 Å². The van der Waals surface area contributed by atoms with Crippen LogP contribution < -0.4 is 5.32 Å². The second-order valence-electron chi connectivity index (χ2n) is 4.42. The minimum atomic E-state index is -1.09. The van der Waals surface area contributed by atoms with E-state index in [1.807, 2.05) is 36.4 Å². The highest BCUT2D eigenvalue weighted by Gasteiger charge is 2.05. The Morgan fingerprint density at radius 3 is 2.52 bits per heavy atom. The van der Waals surface area contributed by atoms with Crippen molar-refractivity contribution in [3.05, 3.63) is 59.0 Å². The van der Waals surface area contributed by atoms with Gasteiger partial charge in [-0.15, -0.1) is 0 Å². The quantitative estimate of drug-likeness (QED) is 0.755. The minimum Gasteiger partial charge on any atom is -0.476 e. The number of carboxylic acid groups (broad SMARTS) is 1. The summed E-state index contributed by atoms with van der Waals surface area (Å²) in [5.74, 6) is -0.596. The summed E-state index contributed by atoms with van der Waals surface area (Å²) in [4.78, 5) is 18.6. The molecule has 1 aromatic heterocycles. The predicted molar refractivity (Wildman–Crippen MR) is 83.9 cm³/mol. The number of rotatable bonds is 3. The average molecular weight is 344 g/mol. The molecule has 3 aromatic rings. The van der Waals surface area contributed by atoms with Gasteiger partial charge in [-0.3, -0.25) is 0 Å². The molecule has 0 fully saturated rings. The molecule has 1 heterocycles. The fourth-order valence-electron chi connectivity index (χ4n) is 1.95. The number of aromatic nitrogens is 2. The minimum absolute atomic E-state index is 0.0797. The molecule has 0 spiro atoms. The first kappa shape index (κ1) is 13.5. The van der Waals surface area contributed by atoms with Crippen molar-refractivity contribution in [2.75, 3.05) is 5.32 Å². The second-order valence-corrected chi connectivity index (χ2v) is 5.34. The maximum Gasteiger partial charge on any atom is 0.356 e. The van der Waals surface area contributed by atoms with E-state index in [1.54, 1.807) is 0 Å². The van der Waals surface area contributed by atoms with E-state index in [4.69, 9.17) is 5.11 Å². The van der Waals surface area contributed by atoms with Gasteiger partial charge < -0.3 is 10.4 Å². The first-order valence-electron chi connectivity index (χ1n) is 6.13. The van der Waals surface area contributed by atoms with Crippen LogP contribution in [0, 0.1) is 0 Å². The first-order valence-corrected chi connectivity index (χ1v) is 6.93. The van der Waals surface area contributed by atoms with Gasteiger partial charge in [0.05, 0.1) is 12.4 Å². The molecular weight excluding hydrogens is 334 g/mol. The monoisotopic (exact) mass is 343 g/mol. The summed E-state index contributed by atoms with van der Waals surface area (Å²) in [6.45, 7) is 0. The van der Waals surface area contributed by atoms with Crippen molar-refractivity contribution in [3.8, 4) is 0 Å². The van der Waals surface area contributed by atoms with Crippen molar-refractivity contribution in [2.45, 2.75) is 0 Å². The van der Waals surface area contributed by atoms with Gasteiger partial charge in [0.15, 0.2) is 5.69 Å².